The fraction of sp³-hybridized carbons (Fsp3) is 0.300. The molecule has 0 fully saturated rings. The Labute approximate surface area is 134 Å². The number of ketones is 1. The lowest BCUT2D eigenvalue weighted by Crippen LogP contribution is -2.11. The van der Waals surface area contributed by atoms with Crippen molar-refractivity contribution in [1.82, 2.24) is 0 Å². The van der Waals surface area contributed by atoms with Gasteiger partial charge in [-0.15, -0.1) is 0 Å². The molecule has 1 rings (SSSR count). The quantitative estimate of drug-likeness (QED) is 0.648. The van der Waals surface area contributed by atoms with Gasteiger partial charge in [0.1, 0.15) is 5.82 Å². The Morgan fingerprint density at radius 1 is 1.30 bits per heavy atom. The van der Waals surface area contributed by atoms with Crippen molar-refractivity contribution < 1.29 is 17.6 Å². The number of nitrogens with one attached hydrogen (secondary N) is 1. The zero-order chi connectivity index (χ0) is 16.1. The van der Waals surface area contributed by atoms with Crippen LogP contribution in [0.25, 0.3) is 0 Å². The summed E-state index contributed by atoms with van der Waals surface area (Å²) in [6.07, 6.45) is 0.975. The van der Waals surface area contributed by atoms with Crippen LogP contribution in [0.5, 0.6) is 0 Å². The summed E-state index contributed by atoms with van der Waals surface area (Å²) in [5.41, 5.74) is 0.596. The van der Waals surface area contributed by atoms with Crippen molar-refractivity contribution in [3.05, 3.63) is 29.1 Å². The largest absolute Gasteiger partial charge is 0.643 e. The van der Waals surface area contributed by atoms with Gasteiger partial charge in [0.15, 0.2) is 5.78 Å². The number of carbonyl (C=O) groups excluding carboxylic acids is 1. The van der Waals surface area contributed by atoms with Gasteiger partial charge in [0.2, 0.25) is 10.0 Å². The molecule has 1 aromatic rings. The molecule has 0 saturated carbocycles. The zero-order valence-corrected chi connectivity index (χ0v) is 15.1. The molecule has 1 aromatic carbocycles. The van der Waals surface area contributed by atoms with Crippen molar-refractivity contribution in [2.75, 3.05) is 11.0 Å². The molecule has 0 bridgehead atoms. The number of hydrogen-bond acceptors (Lipinski definition) is 3. The molecule has 0 amide bonds. The van der Waals surface area contributed by atoms with E-state index in [0.717, 1.165) is 12.3 Å². The van der Waals surface area contributed by atoms with Crippen LogP contribution in [0.4, 0.5) is 10.1 Å². The van der Waals surface area contributed by atoms with E-state index in [4.69, 9.17) is 30.1 Å². The van der Waals surface area contributed by atoms with Gasteiger partial charge in [0.05, 0.1) is 17.5 Å². The summed E-state index contributed by atoms with van der Waals surface area (Å²) in [7, 11) is 11.4. The lowest BCUT2D eigenvalue weighted by atomic mass is 10.1. The van der Waals surface area contributed by atoms with Gasteiger partial charge in [-0.3, -0.25) is 9.52 Å². The smallest absolute Gasteiger partial charge is 0.294 e. The monoisotopic (exact) mass is 377 g/mol. The van der Waals surface area contributed by atoms with Crippen LogP contribution in [0, 0.1) is 12.7 Å². The number of anilines is 1. The maximum absolute atomic E-state index is 13.4. The molecule has 20 heavy (non-hydrogen) atoms. The first-order valence-corrected chi connectivity index (χ1v) is 12.3. The average molecular weight is 379 g/mol. The zero-order valence-electron chi connectivity index (χ0n) is 10.9. The van der Waals surface area contributed by atoms with Gasteiger partial charge < -0.3 is 0 Å². The van der Waals surface area contributed by atoms with Crippen LogP contribution in [-0.4, -0.2) is 31.8 Å². The fourth-order valence-electron chi connectivity index (χ4n) is 1.26. The maximum atomic E-state index is 13.4. The molecular weight excluding hydrogens is 367 g/mol. The average Bonchev–Trinajstić information content (AvgIpc) is 2.19. The summed E-state index contributed by atoms with van der Waals surface area (Å²) < 4.78 is 37.5. The number of aryl methyl sites for hydroxylation is 1. The molecule has 0 aliphatic heterocycles. The second kappa shape index (κ2) is 8.42. The molecule has 0 spiro atoms. The van der Waals surface area contributed by atoms with Crippen molar-refractivity contribution >= 4 is 63.0 Å². The van der Waals surface area contributed by atoms with Crippen molar-refractivity contribution in [1.29, 1.82) is 0 Å². The standard InChI is InChI=1S/C10H12FNO3S.Al.3ClH/c1-6-4-8(7(2)13)9(11)5-10(6)12-16(3,14)15;;;;/h4-5,12H,1-3H3;;3*1H/q;+3;;;/p-3. The predicted octanol–water partition coefficient (Wildman–Crippen LogP) is 3.40. The maximum Gasteiger partial charge on any atom is 0.643 e. The van der Waals surface area contributed by atoms with Gasteiger partial charge in [-0.2, -0.15) is 0 Å². The summed E-state index contributed by atoms with van der Waals surface area (Å²) in [6.45, 7) is 2.85. The van der Waals surface area contributed by atoms with E-state index in [-0.39, 0.29) is 11.3 Å². The van der Waals surface area contributed by atoms with Crippen LogP contribution >= 0.6 is 30.1 Å². The molecule has 0 saturated heterocycles. The topological polar surface area (TPSA) is 63.2 Å². The van der Waals surface area contributed by atoms with E-state index in [1.807, 2.05) is 0 Å². The first kappa shape index (κ1) is 20.0. The highest BCUT2D eigenvalue weighted by atomic mass is 35.8. The van der Waals surface area contributed by atoms with Gasteiger partial charge in [-0.1, -0.05) is 0 Å². The predicted molar refractivity (Wildman–Crippen MR) is 82.9 cm³/mol. The Balaban J connectivity index is 0.000000796. The van der Waals surface area contributed by atoms with Crippen LogP contribution in [0.1, 0.15) is 22.8 Å². The Morgan fingerprint density at radius 2 is 1.75 bits per heavy atom. The fourth-order valence-corrected chi connectivity index (χ4v) is 1.88. The molecular formula is C10H12AlCl3FNO3S. The Kier molecular flexibility index (Phi) is 8.41. The number of sulfonamides is 1. The van der Waals surface area contributed by atoms with Crippen molar-refractivity contribution in [3.63, 3.8) is 0 Å². The minimum Gasteiger partial charge on any atom is -0.294 e. The van der Waals surface area contributed by atoms with E-state index in [9.17, 15) is 17.6 Å². The van der Waals surface area contributed by atoms with Gasteiger partial charge >= 0.3 is 11.4 Å². The van der Waals surface area contributed by atoms with Crippen molar-refractivity contribution in [2.45, 2.75) is 13.8 Å². The first-order chi connectivity index (χ1) is 8.94. The van der Waals surface area contributed by atoms with Gasteiger partial charge in [-0.05, 0) is 31.5 Å². The van der Waals surface area contributed by atoms with Gasteiger partial charge in [-0.25, -0.2) is 43.0 Å². The third kappa shape index (κ3) is 8.30. The molecule has 0 aliphatic rings. The third-order valence-corrected chi connectivity index (χ3v) is 2.58. The van der Waals surface area contributed by atoms with Crippen molar-refractivity contribution in [2.24, 2.45) is 0 Å². The molecule has 0 radical (unpaired) electrons. The van der Waals surface area contributed by atoms with E-state index in [2.05, 4.69) is 4.72 Å². The molecule has 0 unspecified atom stereocenters. The van der Waals surface area contributed by atoms with Crippen LogP contribution in [-0.2, 0) is 10.0 Å². The first-order valence-electron chi connectivity index (χ1n) is 5.15. The Hall–Kier alpha value is -0.0275. The third-order valence-electron chi connectivity index (χ3n) is 1.99. The molecule has 0 heterocycles. The summed E-state index contributed by atoms with van der Waals surface area (Å²) in [4.78, 5) is 11.0. The van der Waals surface area contributed by atoms with E-state index in [1.54, 1.807) is 6.92 Å². The van der Waals surface area contributed by atoms with Crippen molar-refractivity contribution in [3.8, 4) is 0 Å². The number of hydrogen-bond donors (Lipinski definition) is 1. The molecule has 1 N–H and O–H groups in total. The highest BCUT2D eigenvalue weighted by molar-refractivity contribution is 7.92. The van der Waals surface area contributed by atoms with Crippen LogP contribution in [0.2, 0.25) is 0 Å². The van der Waals surface area contributed by atoms with Gasteiger partial charge in [0.25, 0.3) is 0 Å². The number of halogens is 4. The van der Waals surface area contributed by atoms with E-state index >= 15 is 0 Å². The number of benzene rings is 1. The summed E-state index contributed by atoms with van der Waals surface area (Å²) in [6, 6.07) is 2.33. The number of rotatable bonds is 3. The summed E-state index contributed by atoms with van der Waals surface area (Å²) in [5, 5.41) is 0. The van der Waals surface area contributed by atoms with E-state index < -0.39 is 33.0 Å². The second-order valence-corrected chi connectivity index (χ2v) is 12.0. The van der Waals surface area contributed by atoms with E-state index in [1.165, 1.54) is 13.0 Å². The van der Waals surface area contributed by atoms with Crippen LogP contribution < -0.4 is 4.72 Å². The molecule has 4 nitrogen and oxygen atoms in total. The minimum absolute atomic E-state index is 0.0449. The molecule has 112 valence electrons. The molecule has 0 atom stereocenters. The van der Waals surface area contributed by atoms with Crippen LogP contribution in [0.3, 0.4) is 0 Å². The van der Waals surface area contributed by atoms with Gasteiger partial charge in [0, 0.05) is 0 Å². The highest BCUT2D eigenvalue weighted by Crippen LogP contribution is 2.21. The summed E-state index contributed by atoms with van der Waals surface area (Å²) >= 11 is -1.72. The second-order valence-electron chi connectivity index (χ2n) is 3.82. The van der Waals surface area contributed by atoms with Crippen LogP contribution in [0.15, 0.2) is 12.1 Å². The SMILES string of the molecule is CC(=O)c1cc(C)c(NS(C)(=O)=O)cc1F.[Cl][Al]([Cl])[Cl]. The molecule has 0 aromatic heterocycles. The van der Waals surface area contributed by atoms with E-state index in [0.29, 0.717) is 5.56 Å². The highest BCUT2D eigenvalue weighted by Gasteiger charge is 2.12. The Bertz CT molecular complexity index is 593. The minimum atomic E-state index is -3.45. The number of carbonyl (C=O) groups is 1. The Morgan fingerprint density at radius 3 is 2.10 bits per heavy atom. The number of Topliss-reactive ketones (excluding diaryl/α,β-unsaturated/α-hetero) is 1. The summed E-state index contributed by atoms with van der Waals surface area (Å²) in [5.74, 6) is -1.13. The molecule has 0 aliphatic carbocycles. The molecule has 10 heteroatoms. The normalized spacial score (nSPS) is 10.3. The lowest BCUT2D eigenvalue weighted by Gasteiger charge is -2.09. The lowest BCUT2D eigenvalue weighted by molar-refractivity contribution is 0.101.